The standard InChI is InChI=1S/C51H37N3O/c1-3-12-36(13-4-1)48-52-49(54-50(53-48)42-17-11-16-41-40-15-6-8-19-46(40)55-47(41)42)37-26-24-34(25-27-37)33-20-22-35(23-21-33)38-28-29-45-43(32-38)39-14-5-7-18-44(39)51(45)30-9-2-10-31-51/h1,3-8,11-29,32H,2,9-10,30-31H2. The minimum atomic E-state index is 0.188. The van der Waals surface area contributed by atoms with Gasteiger partial charge in [-0.3, -0.25) is 0 Å². The highest BCUT2D eigenvalue weighted by atomic mass is 16.3. The highest BCUT2D eigenvalue weighted by Crippen LogP contribution is 2.56. The molecule has 4 heteroatoms. The highest BCUT2D eigenvalue weighted by Gasteiger charge is 2.43. The predicted octanol–water partition coefficient (Wildman–Crippen LogP) is 13.3. The van der Waals surface area contributed by atoms with Crippen molar-refractivity contribution in [3.8, 4) is 67.5 Å². The number of furan rings is 1. The van der Waals surface area contributed by atoms with Gasteiger partial charge in [0.2, 0.25) is 0 Å². The smallest absolute Gasteiger partial charge is 0.167 e. The van der Waals surface area contributed by atoms with Gasteiger partial charge in [-0.25, -0.2) is 15.0 Å². The van der Waals surface area contributed by atoms with E-state index in [1.807, 2.05) is 60.7 Å². The Morgan fingerprint density at radius 2 is 0.927 bits per heavy atom. The Morgan fingerprint density at radius 1 is 0.382 bits per heavy atom. The molecular formula is C51H37N3O. The van der Waals surface area contributed by atoms with Gasteiger partial charge in [-0.05, 0) is 75.5 Å². The normalized spacial score (nSPS) is 14.3. The summed E-state index contributed by atoms with van der Waals surface area (Å²) in [6.07, 6.45) is 6.48. The molecule has 11 rings (SSSR count). The van der Waals surface area contributed by atoms with E-state index in [9.17, 15) is 0 Å². The molecule has 0 bridgehead atoms. The molecule has 1 saturated carbocycles. The molecule has 2 heterocycles. The molecule has 0 aliphatic heterocycles. The van der Waals surface area contributed by atoms with Crippen molar-refractivity contribution >= 4 is 21.9 Å². The fourth-order valence-electron chi connectivity index (χ4n) is 9.27. The second kappa shape index (κ2) is 12.7. The fourth-order valence-corrected chi connectivity index (χ4v) is 9.27. The van der Waals surface area contributed by atoms with Crippen molar-refractivity contribution in [3.63, 3.8) is 0 Å². The zero-order valence-electron chi connectivity index (χ0n) is 30.4. The summed E-state index contributed by atoms with van der Waals surface area (Å²) in [4.78, 5) is 15.0. The molecule has 0 unspecified atom stereocenters. The zero-order valence-corrected chi connectivity index (χ0v) is 30.4. The van der Waals surface area contributed by atoms with Crippen LogP contribution in [0.2, 0.25) is 0 Å². The monoisotopic (exact) mass is 707 g/mol. The van der Waals surface area contributed by atoms with Crippen LogP contribution in [0.25, 0.3) is 89.5 Å². The maximum atomic E-state index is 6.39. The first-order valence-corrected chi connectivity index (χ1v) is 19.4. The number of rotatable bonds is 5. The lowest BCUT2D eigenvalue weighted by Gasteiger charge is -2.36. The van der Waals surface area contributed by atoms with Crippen molar-refractivity contribution in [2.75, 3.05) is 0 Å². The average molecular weight is 708 g/mol. The molecule has 0 radical (unpaired) electrons. The molecule has 0 atom stereocenters. The molecule has 1 spiro atoms. The van der Waals surface area contributed by atoms with E-state index in [2.05, 4.69) is 103 Å². The maximum absolute atomic E-state index is 6.39. The number of hydrogen-bond acceptors (Lipinski definition) is 4. The molecule has 0 saturated heterocycles. The Kier molecular flexibility index (Phi) is 7.38. The average Bonchev–Trinajstić information content (AvgIpc) is 3.77. The van der Waals surface area contributed by atoms with E-state index in [0.29, 0.717) is 17.5 Å². The minimum absolute atomic E-state index is 0.188. The van der Waals surface area contributed by atoms with E-state index in [4.69, 9.17) is 19.4 Å². The van der Waals surface area contributed by atoms with Crippen molar-refractivity contribution in [1.82, 2.24) is 15.0 Å². The number of benzene rings is 7. The molecule has 2 aliphatic carbocycles. The lowest BCUT2D eigenvalue weighted by atomic mass is 9.68. The van der Waals surface area contributed by atoms with Crippen LogP contribution < -0.4 is 0 Å². The van der Waals surface area contributed by atoms with Crippen molar-refractivity contribution < 1.29 is 4.42 Å². The van der Waals surface area contributed by atoms with Crippen LogP contribution in [0.1, 0.15) is 43.2 Å². The summed E-state index contributed by atoms with van der Waals surface area (Å²) < 4.78 is 6.39. The molecule has 2 aliphatic rings. The molecule has 7 aromatic carbocycles. The summed E-state index contributed by atoms with van der Waals surface area (Å²) in [5.74, 6) is 1.82. The quantitative estimate of drug-likeness (QED) is 0.179. The van der Waals surface area contributed by atoms with Crippen molar-refractivity contribution in [1.29, 1.82) is 0 Å². The molecule has 2 aromatic heterocycles. The van der Waals surface area contributed by atoms with Crippen LogP contribution in [0.3, 0.4) is 0 Å². The minimum Gasteiger partial charge on any atom is -0.455 e. The van der Waals surface area contributed by atoms with Crippen LogP contribution in [0.5, 0.6) is 0 Å². The molecule has 4 nitrogen and oxygen atoms in total. The molecule has 1 fully saturated rings. The van der Waals surface area contributed by atoms with Crippen LogP contribution in [0, 0.1) is 0 Å². The lowest BCUT2D eigenvalue weighted by Crippen LogP contribution is -2.27. The van der Waals surface area contributed by atoms with Gasteiger partial charge >= 0.3 is 0 Å². The van der Waals surface area contributed by atoms with Crippen LogP contribution in [0.4, 0.5) is 0 Å². The Labute approximate surface area is 320 Å². The number of fused-ring (bicyclic) bond motifs is 8. The maximum Gasteiger partial charge on any atom is 0.167 e. The summed E-state index contributed by atoms with van der Waals surface area (Å²) in [7, 11) is 0. The van der Waals surface area contributed by atoms with Crippen LogP contribution in [0.15, 0.2) is 168 Å². The summed E-state index contributed by atoms with van der Waals surface area (Å²) >= 11 is 0. The van der Waals surface area contributed by atoms with Crippen LogP contribution in [-0.2, 0) is 5.41 Å². The van der Waals surface area contributed by atoms with E-state index < -0.39 is 0 Å². The topological polar surface area (TPSA) is 51.8 Å². The van der Waals surface area contributed by atoms with Crippen molar-refractivity contribution in [2.45, 2.75) is 37.5 Å². The third-order valence-corrected chi connectivity index (χ3v) is 12.0. The predicted molar refractivity (Wildman–Crippen MR) is 224 cm³/mol. The van der Waals surface area contributed by atoms with Gasteiger partial charge < -0.3 is 4.42 Å². The molecule has 9 aromatic rings. The second-order valence-electron chi connectivity index (χ2n) is 15.1. The largest absolute Gasteiger partial charge is 0.455 e. The lowest BCUT2D eigenvalue weighted by molar-refractivity contribution is 0.353. The highest BCUT2D eigenvalue weighted by molar-refractivity contribution is 6.09. The van der Waals surface area contributed by atoms with Crippen molar-refractivity contribution in [2.24, 2.45) is 0 Å². The van der Waals surface area contributed by atoms with Gasteiger partial charge in [-0.15, -0.1) is 0 Å². The van der Waals surface area contributed by atoms with Gasteiger partial charge in [0.05, 0.1) is 5.56 Å². The molecule has 0 amide bonds. The Bertz CT molecular complexity index is 2880. The number of hydrogen-bond donors (Lipinski definition) is 0. The third kappa shape index (κ3) is 5.24. The second-order valence-corrected chi connectivity index (χ2v) is 15.1. The first-order valence-electron chi connectivity index (χ1n) is 19.4. The SMILES string of the molecule is c1ccc(-c2nc(-c3ccc(-c4ccc(-c5ccc6c(c5)-c5ccccc5C65CCCCC5)cc4)cc3)nc(-c3cccc4c3oc3ccccc34)n2)cc1. The van der Waals surface area contributed by atoms with E-state index in [-0.39, 0.29) is 5.41 Å². The van der Waals surface area contributed by atoms with Gasteiger partial charge in [0.25, 0.3) is 0 Å². The molecule has 55 heavy (non-hydrogen) atoms. The van der Waals surface area contributed by atoms with Crippen LogP contribution >= 0.6 is 0 Å². The van der Waals surface area contributed by atoms with E-state index >= 15 is 0 Å². The van der Waals surface area contributed by atoms with E-state index in [1.165, 1.54) is 71.0 Å². The molecule has 262 valence electrons. The Balaban J connectivity index is 0.924. The first kappa shape index (κ1) is 31.8. The van der Waals surface area contributed by atoms with Gasteiger partial charge in [0.1, 0.15) is 11.2 Å². The van der Waals surface area contributed by atoms with Gasteiger partial charge in [-0.2, -0.15) is 0 Å². The zero-order chi connectivity index (χ0) is 36.3. The Morgan fingerprint density at radius 3 is 1.69 bits per heavy atom. The Hall–Kier alpha value is -6.65. The van der Waals surface area contributed by atoms with Gasteiger partial charge in [-0.1, -0.05) is 165 Å². The van der Waals surface area contributed by atoms with E-state index in [0.717, 1.165) is 44.2 Å². The molecular weight excluding hydrogens is 671 g/mol. The van der Waals surface area contributed by atoms with Gasteiger partial charge in [0.15, 0.2) is 17.5 Å². The molecule has 0 N–H and O–H groups in total. The summed E-state index contributed by atoms with van der Waals surface area (Å²) in [6, 6.07) is 58.2. The number of aromatic nitrogens is 3. The fraction of sp³-hybridized carbons (Fsp3) is 0.118. The van der Waals surface area contributed by atoms with Crippen LogP contribution in [-0.4, -0.2) is 15.0 Å². The van der Waals surface area contributed by atoms with Gasteiger partial charge in [0, 0.05) is 27.3 Å². The number of para-hydroxylation sites is 2. The summed E-state index contributed by atoms with van der Waals surface area (Å²) in [5, 5.41) is 2.12. The summed E-state index contributed by atoms with van der Waals surface area (Å²) in [5.41, 5.74) is 15.2. The van der Waals surface area contributed by atoms with E-state index in [1.54, 1.807) is 0 Å². The van der Waals surface area contributed by atoms with Crippen molar-refractivity contribution in [3.05, 3.63) is 175 Å². The first-order chi connectivity index (χ1) is 27.2. The summed E-state index contributed by atoms with van der Waals surface area (Å²) in [6.45, 7) is 0. The number of nitrogens with zero attached hydrogens (tertiary/aromatic N) is 3. The third-order valence-electron chi connectivity index (χ3n) is 12.0.